The quantitative estimate of drug-likeness (QED) is 0.738. The maximum atomic E-state index is 12.4. The molecule has 8 heteroatoms. The lowest BCUT2D eigenvalue weighted by Gasteiger charge is -2.15. The lowest BCUT2D eigenvalue weighted by molar-refractivity contribution is -0.127. The van der Waals surface area contributed by atoms with Crippen molar-refractivity contribution in [2.75, 3.05) is 0 Å². The maximum absolute atomic E-state index is 12.4. The summed E-state index contributed by atoms with van der Waals surface area (Å²) in [6.45, 7) is 1.50. The van der Waals surface area contributed by atoms with Crippen molar-refractivity contribution in [1.29, 1.82) is 5.26 Å². The van der Waals surface area contributed by atoms with Gasteiger partial charge >= 0.3 is 0 Å². The van der Waals surface area contributed by atoms with Crippen LogP contribution in [0.5, 0.6) is 5.75 Å². The van der Waals surface area contributed by atoms with Crippen LogP contribution in [0.25, 0.3) is 0 Å². The van der Waals surface area contributed by atoms with E-state index in [2.05, 4.69) is 10.3 Å². The molecule has 0 radical (unpaired) electrons. The molecule has 0 spiro atoms. The van der Waals surface area contributed by atoms with Gasteiger partial charge in [0.1, 0.15) is 5.75 Å². The first-order chi connectivity index (χ1) is 12.9. The topological polar surface area (TPSA) is 108 Å². The van der Waals surface area contributed by atoms with Crippen molar-refractivity contribution in [2.45, 2.75) is 37.2 Å². The Hall–Kier alpha value is -2.89. The van der Waals surface area contributed by atoms with Gasteiger partial charge in [-0.3, -0.25) is 10.2 Å². The van der Waals surface area contributed by atoms with Crippen molar-refractivity contribution < 1.29 is 17.9 Å². The normalized spacial score (nSPS) is 14.1. The van der Waals surface area contributed by atoms with Crippen molar-refractivity contribution in [3.8, 4) is 11.8 Å². The molecule has 1 aliphatic carbocycles. The van der Waals surface area contributed by atoms with Crippen molar-refractivity contribution in [3.63, 3.8) is 0 Å². The number of hydrogen-bond donors (Lipinski definition) is 2. The van der Waals surface area contributed by atoms with E-state index in [1.54, 1.807) is 30.3 Å². The molecule has 0 bridgehead atoms. The summed E-state index contributed by atoms with van der Waals surface area (Å²) in [6, 6.07) is 13.2. The number of amides is 1. The van der Waals surface area contributed by atoms with E-state index in [0.717, 1.165) is 24.8 Å². The number of ether oxygens (including phenoxy) is 1. The molecule has 7 nitrogen and oxygen atoms in total. The Bertz CT molecular complexity index is 995. The van der Waals surface area contributed by atoms with E-state index in [1.807, 2.05) is 12.1 Å². The minimum absolute atomic E-state index is 0.115. The Morgan fingerprint density at radius 2 is 1.85 bits per heavy atom. The standard InChI is InChI=1S/C19H19N3O4S/c1-13(26-17-8-5-14(12-20)6-9-17)19(23)21-22-27(24,25)18-10-7-15-3-2-4-16(15)11-18/h5-11,13,22H,2-4H2,1H3,(H,21,23)/t13-/m1/s1. The molecular weight excluding hydrogens is 366 g/mol. The predicted octanol–water partition coefficient (Wildman–Crippen LogP) is 1.82. The molecule has 140 valence electrons. The monoisotopic (exact) mass is 385 g/mol. The lowest BCUT2D eigenvalue weighted by atomic mass is 10.1. The number of nitrogens with one attached hydrogen (secondary N) is 2. The second-order valence-electron chi connectivity index (χ2n) is 6.28. The molecule has 0 aliphatic heterocycles. The van der Waals surface area contributed by atoms with E-state index in [1.165, 1.54) is 18.6 Å². The Morgan fingerprint density at radius 3 is 2.56 bits per heavy atom. The predicted molar refractivity (Wildman–Crippen MR) is 98.2 cm³/mol. The average Bonchev–Trinajstić information content (AvgIpc) is 3.14. The summed E-state index contributed by atoms with van der Waals surface area (Å²) in [4.78, 5) is 14.3. The highest BCUT2D eigenvalue weighted by molar-refractivity contribution is 7.89. The van der Waals surface area contributed by atoms with Crippen LogP contribution in [0.3, 0.4) is 0 Å². The van der Waals surface area contributed by atoms with Crippen LogP contribution in [0.15, 0.2) is 47.4 Å². The second kappa shape index (κ2) is 7.78. The zero-order valence-corrected chi connectivity index (χ0v) is 15.5. The van der Waals surface area contributed by atoms with Crippen LogP contribution < -0.4 is 15.0 Å². The molecule has 0 aromatic heterocycles. The Kier molecular flexibility index (Phi) is 5.44. The number of sulfonamides is 1. The number of benzene rings is 2. The summed E-state index contributed by atoms with van der Waals surface area (Å²) < 4.78 is 30.2. The molecule has 0 fully saturated rings. The number of hydrazine groups is 1. The fraction of sp³-hybridized carbons (Fsp3) is 0.263. The van der Waals surface area contributed by atoms with Gasteiger partial charge in [-0.05, 0) is 73.7 Å². The lowest BCUT2D eigenvalue weighted by Crippen LogP contribution is -2.47. The van der Waals surface area contributed by atoms with Crippen molar-refractivity contribution in [2.24, 2.45) is 0 Å². The highest BCUT2D eigenvalue weighted by Gasteiger charge is 2.21. The fourth-order valence-electron chi connectivity index (χ4n) is 2.86. The number of hydrogen-bond acceptors (Lipinski definition) is 5. The van der Waals surface area contributed by atoms with E-state index in [0.29, 0.717) is 11.3 Å². The zero-order chi connectivity index (χ0) is 19.4. The highest BCUT2D eigenvalue weighted by atomic mass is 32.2. The molecule has 2 aromatic carbocycles. The number of nitriles is 1. The average molecular weight is 385 g/mol. The second-order valence-corrected chi connectivity index (χ2v) is 7.96. The summed E-state index contributed by atoms with van der Waals surface area (Å²) in [7, 11) is -3.87. The van der Waals surface area contributed by atoms with Crippen molar-refractivity contribution >= 4 is 15.9 Å². The van der Waals surface area contributed by atoms with E-state index < -0.39 is 22.0 Å². The highest BCUT2D eigenvalue weighted by Crippen LogP contribution is 2.24. The summed E-state index contributed by atoms with van der Waals surface area (Å²) >= 11 is 0. The molecule has 0 saturated heterocycles. The first-order valence-electron chi connectivity index (χ1n) is 8.49. The van der Waals surface area contributed by atoms with E-state index in [9.17, 15) is 13.2 Å². The third kappa shape index (κ3) is 4.45. The molecule has 0 saturated carbocycles. The fourth-order valence-corrected chi connectivity index (χ4v) is 3.76. The number of nitrogens with zero attached hydrogens (tertiary/aromatic N) is 1. The summed E-state index contributed by atoms with van der Waals surface area (Å²) in [6.07, 6.45) is 1.92. The molecule has 1 atom stereocenters. The molecular formula is C19H19N3O4S. The number of carbonyl (C=O) groups is 1. The minimum atomic E-state index is -3.87. The van der Waals surface area contributed by atoms with E-state index >= 15 is 0 Å². The van der Waals surface area contributed by atoms with Crippen LogP contribution in [-0.4, -0.2) is 20.4 Å². The number of rotatable bonds is 6. The van der Waals surface area contributed by atoms with Gasteiger partial charge in [0.2, 0.25) is 0 Å². The van der Waals surface area contributed by atoms with E-state index in [-0.39, 0.29) is 4.90 Å². The smallest absolute Gasteiger partial charge is 0.275 e. The first kappa shape index (κ1) is 18.9. The van der Waals surface area contributed by atoms with Crippen LogP contribution in [0, 0.1) is 11.3 Å². The van der Waals surface area contributed by atoms with Gasteiger partial charge in [-0.2, -0.15) is 5.26 Å². The van der Waals surface area contributed by atoms with Crippen LogP contribution in [0.4, 0.5) is 0 Å². The van der Waals surface area contributed by atoms with Crippen molar-refractivity contribution in [1.82, 2.24) is 10.3 Å². The number of carbonyl (C=O) groups excluding carboxylic acids is 1. The van der Waals surface area contributed by atoms with Gasteiger partial charge in [-0.25, -0.2) is 8.42 Å². The van der Waals surface area contributed by atoms with Crippen LogP contribution >= 0.6 is 0 Å². The molecule has 2 N–H and O–H groups in total. The largest absolute Gasteiger partial charge is 0.481 e. The van der Waals surface area contributed by atoms with Crippen LogP contribution in [0.2, 0.25) is 0 Å². The molecule has 0 unspecified atom stereocenters. The van der Waals surface area contributed by atoms with Crippen LogP contribution in [0.1, 0.15) is 30.0 Å². The van der Waals surface area contributed by atoms with Crippen LogP contribution in [-0.2, 0) is 27.7 Å². The number of aryl methyl sites for hydroxylation is 2. The molecule has 0 heterocycles. The maximum Gasteiger partial charge on any atom is 0.275 e. The van der Waals surface area contributed by atoms with Gasteiger partial charge in [0.05, 0.1) is 16.5 Å². The van der Waals surface area contributed by atoms with Gasteiger partial charge in [-0.15, -0.1) is 4.83 Å². The van der Waals surface area contributed by atoms with Crippen molar-refractivity contribution in [3.05, 3.63) is 59.2 Å². The first-order valence-corrected chi connectivity index (χ1v) is 9.97. The Balaban J connectivity index is 1.59. The summed E-state index contributed by atoms with van der Waals surface area (Å²) in [5, 5.41) is 8.77. The molecule has 1 amide bonds. The zero-order valence-electron chi connectivity index (χ0n) is 14.7. The van der Waals surface area contributed by atoms with Gasteiger partial charge < -0.3 is 4.74 Å². The van der Waals surface area contributed by atoms with Gasteiger partial charge in [0.15, 0.2) is 6.10 Å². The third-order valence-corrected chi connectivity index (χ3v) is 5.60. The summed E-state index contributed by atoms with van der Waals surface area (Å²) in [5.74, 6) is -0.234. The molecule has 2 aromatic rings. The third-order valence-electron chi connectivity index (χ3n) is 4.35. The molecule has 1 aliphatic rings. The SMILES string of the molecule is C[C@@H](Oc1ccc(C#N)cc1)C(=O)NNS(=O)(=O)c1ccc2c(c1)CCC2. The summed E-state index contributed by atoms with van der Waals surface area (Å²) in [5.41, 5.74) is 4.85. The van der Waals surface area contributed by atoms with Gasteiger partial charge in [-0.1, -0.05) is 6.07 Å². The molecule has 3 rings (SSSR count). The number of fused-ring (bicyclic) bond motifs is 1. The van der Waals surface area contributed by atoms with Gasteiger partial charge in [0, 0.05) is 0 Å². The Morgan fingerprint density at radius 1 is 1.15 bits per heavy atom. The van der Waals surface area contributed by atoms with Gasteiger partial charge in [0.25, 0.3) is 15.9 Å². The minimum Gasteiger partial charge on any atom is -0.481 e. The molecule has 27 heavy (non-hydrogen) atoms. The Labute approximate surface area is 158 Å². The van der Waals surface area contributed by atoms with E-state index in [4.69, 9.17) is 10.00 Å².